The Balaban J connectivity index is 0. The summed E-state index contributed by atoms with van der Waals surface area (Å²) in [5.41, 5.74) is 0.312. The average Bonchev–Trinajstić information content (AvgIpc) is 2.77. The van der Waals surface area contributed by atoms with Gasteiger partial charge in [0.25, 0.3) is 0 Å². The first-order valence-corrected chi connectivity index (χ1v) is 9.20. The molecule has 2 aliphatic rings. The summed E-state index contributed by atoms with van der Waals surface area (Å²) in [7, 11) is 0. The van der Waals surface area contributed by atoms with Gasteiger partial charge in [-0.05, 0) is 47.8 Å². The second-order valence-corrected chi connectivity index (χ2v) is 10.2. The van der Waals surface area contributed by atoms with Gasteiger partial charge in [-0.2, -0.15) is 0 Å². The molecular weight excluding hydrogens is 512 g/mol. The van der Waals surface area contributed by atoms with Gasteiger partial charge in [0.05, 0.1) is 0 Å². The van der Waals surface area contributed by atoms with Crippen LogP contribution in [0.4, 0.5) is 0 Å². The summed E-state index contributed by atoms with van der Waals surface area (Å²) >= 11 is 0. The molecular formula is C20H38Ag2N4. The predicted molar refractivity (Wildman–Crippen MR) is 108 cm³/mol. The van der Waals surface area contributed by atoms with Crippen molar-refractivity contribution in [3.8, 4) is 0 Å². The van der Waals surface area contributed by atoms with Gasteiger partial charge < -0.3 is 20.6 Å². The maximum absolute atomic E-state index is 4.56. The molecule has 0 unspecified atom stereocenters. The van der Waals surface area contributed by atoms with Crippen molar-refractivity contribution >= 4 is 11.7 Å². The fourth-order valence-electron chi connectivity index (χ4n) is 2.69. The fraction of sp³-hybridized carbons (Fsp3) is 0.900. The van der Waals surface area contributed by atoms with Crippen molar-refractivity contribution in [2.45, 2.75) is 117 Å². The Morgan fingerprint density at radius 2 is 0.923 bits per heavy atom. The first-order valence-electron chi connectivity index (χ1n) is 9.20. The SMILES string of the molecule is CC(C)(C)N=C1CCC(C)(C)[N-]1.CC(C)(C)N=C1CCC(C)(C)[N-]1.[Ag+].[Ag+]. The van der Waals surface area contributed by atoms with Gasteiger partial charge in [0.15, 0.2) is 0 Å². The summed E-state index contributed by atoms with van der Waals surface area (Å²) in [6, 6.07) is 0. The van der Waals surface area contributed by atoms with Crippen LogP contribution in [0.5, 0.6) is 0 Å². The van der Waals surface area contributed by atoms with E-state index < -0.39 is 0 Å². The second-order valence-electron chi connectivity index (χ2n) is 10.2. The smallest absolute Gasteiger partial charge is 0.463 e. The third-order valence-corrected chi connectivity index (χ3v) is 3.71. The van der Waals surface area contributed by atoms with E-state index in [0.717, 1.165) is 37.4 Å². The number of nitrogens with zero attached hydrogens (tertiary/aromatic N) is 4. The third kappa shape index (κ3) is 12.7. The zero-order chi connectivity index (χ0) is 18.8. The Hall–Kier alpha value is 0.421. The summed E-state index contributed by atoms with van der Waals surface area (Å²) in [5, 5.41) is 9.11. The first kappa shape index (κ1) is 28.6. The second kappa shape index (κ2) is 10.3. The molecule has 2 aliphatic heterocycles. The van der Waals surface area contributed by atoms with Crippen LogP contribution in [0.25, 0.3) is 10.6 Å². The molecule has 0 bridgehead atoms. The van der Waals surface area contributed by atoms with Crippen molar-refractivity contribution < 1.29 is 44.8 Å². The van der Waals surface area contributed by atoms with E-state index in [4.69, 9.17) is 0 Å². The van der Waals surface area contributed by atoms with Crippen LogP contribution in [-0.4, -0.2) is 33.8 Å². The van der Waals surface area contributed by atoms with Gasteiger partial charge in [-0.3, -0.25) is 0 Å². The Morgan fingerprint density at radius 3 is 1.08 bits per heavy atom. The molecule has 2 heterocycles. The number of rotatable bonds is 0. The van der Waals surface area contributed by atoms with Crippen molar-refractivity contribution in [3.05, 3.63) is 10.6 Å². The fourth-order valence-corrected chi connectivity index (χ4v) is 2.69. The minimum atomic E-state index is 0. The van der Waals surface area contributed by atoms with Gasteiger partial charge in [0, 0.05) is 0 Å². The van der Waals surface area contributed by atoms with E-state index in [1.165, 1.54) is 0 Å². The standard InChI is InChI=1S/2C10H19N2.2Ag/c2*1-9(2,3)11-8-6-7-10(4,5)12-8;;/h2*6-7H2,1-5H3;;/q2*-1;2*+1. The molecule has 0 aromatic rings. The van der Waals surface area contributed by atoms with E-state index in [1.807, 2.05) is 0 Å². The molecule has 2 rings (SSSR count). The zero-order valence-electron chi connectivity index (χ0n) is 18.2. The van der Waals surface area contributed by atoms with Crippen LogP contribution < -0.4 is 0 Å². The number of amidine groups is 2. The molecule has 0 spiro atoms. The molecule has 0 saturated carbocycles. The molecule has 0 aromatic carbocycles. The van der Waals surface area contributed by atoms with E-state index in [-0.39, 0.29) is 66.9 Å². The van der Waals surface area contributed by atoms with Crippen molar-refractivity contribution in [2.75, 3.05) is 0 Å². The average molecular weight is 550 g/mol. The van der Waals surface area contributed by atoms with Crippen LogP contribution in [0.1, 0.15) is 94.9 Å². The Labute approximate surface area is 193 Å². The molecule has 0 N–H and O–H groups in total. The van der Waals surface area contributed by atoms with Crippen LogP contribution in [0.15, 0.2) is 9.98 Å². The topological polar surface area (TPSA) is 52.9 Å². The molecule has 0 aliphatic carbocycles. The molecule has 6 heteroatoms. The Morgan fingerprint density at radius 1 is 0.654 bits per heavy atom. The van der Waals surface area contributed by atoms with Gasteiger partial charge >= 0.3 is 44.8 Å². The molecule has 26 heavy (non-hydrogen) atoms. The van der Waals surface area contributed by atoms with Crippen LogP contribution >= 0.6 is 0 Å². The maximum atomic E-state index is 4.56. The van der Waals surface area contributed by atoms with E-state index in [2.05, 4.69) is 89.9 Å². The van der Waals surface area contributed by atoms with Crippen LogP contribution in [0.3, 0.4) is 0 Å². The van der Waals surface area contributed by atoms with Gasteiger partial charge in [-0.15, -0.1) is 0 Å². The molecule has 4 nitrogen and oxygen atoms in total. The Kier molecular flexibility index (Phi) is 11.3. The van der Waals surface area contributed by atoms with Crippen molar-refractivity contribution in [3.63, 3.8) is 0 Å². The minimum absolute atomic E-state index is 0. The van der Waals surface area contributed by atoms with Crippen molar-refractivity contribution in [2.24, 2.45) is 9.98 Å². The van der Waals surface area contributed by atoms with Gasteiger partial charge in [0.1, 0.15) is 0 Å². The summed E-state index contributed by atoms with van der Waals surface area (Å²) in [4.78, 5) is 9.11. The third-order valence-electron chi connectivity index (χ3n) is 3.71. The number of aliphatic imine (C=N–C) groups is 2. The monoisotopic (exact) mass is 548 g/mol. The van der Waals surface area contributed by atoms with Crippen LogP contribution in [-0.2, 0) is 44.8 Å². The van der Waals surface area contributed by atoms with E-state index >= 15 is 0 Å². The van der Waals surface area contributed by atoms with Crippen molar-refractivity contribution in [1.82, 2.24) is 0 Å². The first-order chi connectivity index (χ1) is 10.6. The molecule has 2 saturated heterocycles. The number of hydrogen-bond acceptors (Lipinski definition) is 2. The van der Waals surface area contributed by atoms with Gasteiger partial charge in [-0.25, -0.2) is 0 Å². The largest absolute Gasteiger partial charge is 1.00 e. The van der Waals surface area contributed by atoms with E-state index in [1.54, 1.807) is 0 Å². The molecule has 2 fully saturated rings. The van der Waals surface area contributed by atoms with Crippen LogP contribution in [0, 0.1) is 0 Å². The Bertz CT molecular complexity index is 449. The molecule has 0 atom stereocenters. The molecule has 160 valence electrons. The summed E-state index contributed by atoms with van der Waals surface area (Å²) < 4.78 is 0. The quantitative estimate of drug-likeness (QED) is 0.320. The van der Waals surface area contributed by atoms with E-state index in [9.17, 15) is 0 Å². The summed E-state index contributed by atoms with van der Waals surface area (Å²) in [6.07, 6.45) is 4.37. The van der Waals surface area contributed by atoms with Crippen LogP contribution in [0.2, 0.25) is 0 Å². The molecule has 0 aromatic heterocycles. The predicted octanol–water partition coefficient (Wildman–Crippen LogP) is 6.25. The maximum Gasteiger partial charge on any atom is 1.00 e. The number of hydrogen-bond donors (Lipinski definition) is 0. The summed E-state index contributed by atoms with van der Waals surface area (Å²) in [5.74, 6) is 2.10. The normalized spacial score (nSPS) is 23.9. The summed E-state index contributed by atoms with van der Waals surface area (Å²) in [6.45, 7) is 21.3. The minimum Gasteiger partial charge on any atom is -0.463 e. The van der Waals surface area contributed by atoms with Crippen molar-refractivity contribution in [1.29, 1.82) is 0 Å². The van der Waals surface area contributed by atoms with Gasteiger partial charge in [-0.1, -0.05) is 80.9 Å². The van der Waals surface area contributed by atoms with Gasteiger partial charge in [0.2, 0.25) is 0 Å². The molecule has 0 amide bonds. The zero-order valence-corrected chi connectivity index (χ0v) is 21.2. The molecule has 0 radical (unpaired) electrons. The van der Waals surface area contributed by atoms with E-state index in [0.29, 0.717) is 0 Å².